The largest absolute Gasteiger partial charge is 0.450 e. The summed E-state index contributed by atoms with van der Waals surface area (Å²) < 4.78 is 36.2. The lowest BCUT2D eigenvalue weighted by Gasteiger charge is -2.03. The third-order valence-electron chi connectivity index (χ3n) is 2.53. The van der Waals surface area contributed by atoms with Gasteiger partial charge in [-0.3, -0.25) is 9.59 Å². The smallest absolute Gasteiger partial charge is 0.360 e. The molecular formula is C12H8F3NO2. The van der Waals surface area contributed by atoms with Crippen molar-refractivity contribution in [3.8, 4) is 0 Å². The average Bonchev–Trinajstić information content (AvgIpc) is 2.71. The molecule has 6 heteroatoms. The molecule has 0 aliphatic rings. The Morgan fingerprint density at radius 2 is 1.83 bits per heavy atom. The summed E-state index contributed by atoms with van der Waals surface area (Å²) >= 11 is 0. The van der Waals surface area contributed by atoms with Gasteiger partial charge in [0, 0.05) is 22.7 Å². The monoisotopic (exact) mass is 255 g/mol. The van der Waals surface area contributed by atoms with E-state index in [4.69, 9.17) is 0 Å². The number of para-hydroxylation sites is 1. The molecule has 2 rings (SSSR count). The fraction of sp³-hybridized carbons (Fsp3) is 0.167. The van der Waals surface area contributed by atoms with Crippen molar-refractivity contribution in [1.82, 2.24) is 4.98 Å². The van der Waals surface area contributed by atoms with E-state index in [1.165, 1.54) is 6.20 Å². The Morgan fingerprint density at radius 1 is 1.17 bits per heavy atom. The van der Waals surface area contributed by atoms with E-state index in [-0.39, 0.29) is 5.56 Å². The van der Waals surface area contributed by atoms with Gasteiger partial charge >= 0.3 is 6.18 Å². The molecule has 0 atom stereocenters. The van der Waals surface area contributed by atoms with Gasteiger partial charge in [-0.25, -0.2) is 0 Å². The molecule has 0 radical (unpaired) electrons. The van der Waals surface area contributed by atoms with Crippen molar-refractivity contribution in [3.63, 3.8) is 0 Å². The van der Waals surface area contributed by atoms with Crippen molar-refractivity contribution in [1.29, 1.82) is 0 Å². The van der Waals surface area contributed by atoms with Crippen LogP contribution >= 0.6 is 0 Å². The molecule has 2 aromatic rings. The molecule has 1 aromatic carbocycles. The molecule has 0 saturated carbocycles. The topological polar surface area (TPSA) is 49.9 Å². The lowest BCUT2D eigenvalue weighted by molar-refractivity contribution is -0.170. The van der Waals surface area contributed by atoms with E-state index in [0.29, 0.717) is 10.9 Å². The van der Waals surface area contributed by atoms with Crippen molar-refractivity contribution in [2.75, 3.05) is 0 Å². The molecule has 1 aromatic heterocycles. The van der Waals surface area contributed by atoms with Crippen LogP contribution in [0, 0.1) is 0 Å². The first kappa shape index (κ1) is 12.3. The number of alkyl halides is 3. The van der Waals surface area contributed by atoms with Crippen molar-refractivity contribution in [2.24, 2.45) is 0 Å². The van der Waals surface area contributed by atoms with Crippen LogP contribution in [0.1, 0.15) is 16.8 Å². The number of H-pyrrole nitrogens is 1. The molecule has 0 spiro atoms. The highest BCUT2D eigenvalue weighted by Gasteiger charge is 2.39. The van der Waals surface area contributed by atoms with E-state index in [2.05, 4.69) is 4.98 Å². The maximum Gasteiger partial charge on any atom is 0.450 e. The van der Waals surface area contributed by atoms with Crippen LogP contribution in [-0.4, -0.2) is 22.7 Å². The van der Waals surface area contributed by atoms with Crippen molar-refractivity contribution < 1.29 is 22.8 Å². The van der Waals surface area contributed by atoms with Crippen LogP contribution < -0.4 is 0 Å². The quantitative estimate of drug-likeness (QED) is 0.677. The average molecular weight is 255 g/mol. The molecule has 0 amide bonds. The number of carbonyl (C=O) groups is 2. The van der Waals surface area contributed by atoms with Crippen LogP contribution in [-0.2, 0) is 4.79 Å². The number of halogens is 3. The second-order valence-electron chi connectivity index (χ2n) is 3.77. The van der Waals surface area contributed by atoms with Gasteiger partial charge in [-0.05, 0) is 6.07 Å². The van der Waals surface area contributed by atoms with Crippen LogP contribution in [0.2, 0.25) is 0 Å². The predicted octanol–water partition coefficient (Wildman–Crippen LogP) is 2.87. The molecule has 0 bridgehead atoms. The standard InChI is InChI=1S/C12H8F3NO2/c13-12(14,15)11(18)5-10(17)8-6-16-9-4-2-1-3-7(8)9/h1-4,6,16H,5H2. The summed E-state index contributed by atoms with van der Waals surface area (Å²) in [6, 6.07) is 6.70. The lowest BCUT2D eigenvalue weighted by Crippen LogP contribution is -2.25. The summed E-state index contributed by atoms with van der Waals surface area (Å²) in [5, 5.41) is 0.512. The number of aromatic amines is 1. The highest BCUT2D eigenvalue weighted by Crippen LogP contribution is 2.22. The molecular weight excluding hydrogens is 247 g/mol. The van der Waals surface area contributed by atoms with E-state index in [1.807, 2.05) is 0 Å². The minimum Gasteiger partial charge on any atom is -0.360 e. The number of hydrogen-bond acceptors (Lipinski definition) is 2. The number of aromatic nitrogens is 1. The maximum absolute atomic E-state index is 12.1. The number of ketones is 2. The Morgan fingerprint density at radius 3 is 2.50 bits per heavy atom. The Kier molecular flexibility index (Phi) is 2.94. The van der Waals surface area contributed by atoms with E-state index >= 15 is 0 Å². The Hall–Kier alpha value is -2.11. The SMILES string of the molecule is O=C(CC(=O)C(F)(F)F)c1c[nH]c2ccccc12. The molecule has 0 unspecified atom stereocenters. The number of Topliss-reactive ketones (excluding diaryl/α,β-unsaturated/α-hetero) is 2. The fourth-order valence-electron chi connectivity index (χ4n) is 1.64. The van der Waals surface area contributed by atoms with Gasteiger partial charge in [0.05, 0.1) is 6.42 Å². The van der Waals surface area contributed by atoms with Crippen LogP contribution in [0.25, 0.3) is 10.9 Å². The summed E-state index contributed by atoms with van der Waals surface area (Å²) in [4.78, 5) is 25.2. The zero-order valence-corrected chi connectivity index (χ0v) is 9.04. The predicted molar refractivity (Wildman–Crippen MR) is 58.3 cm³/mol. The Balaban J connectivity index is 2.27. The molecule has 0 aliphatic heterocycles. The number of carbonyl (C=O) groups excluding carboxylic acids is 2. The first-order valence-corrected chi connectivity index (χ1v) is 5.09. The third kappa shape index (κ3) is 2.27. The van der Waals surface area contributed by atoms with Gasteiger partial charge in [0.15, 0.2) is 5.78 Å². The van der Waals surface area contributed by atoms with Gasteiger partial charge in [0.1, 0.15) is 0 Å². The van der Waals surface area contributed by atoms with Gasteiger partial charge in [0.25, 0.3) is 0 Å². The maximum atomic E-state index is 12.1. The molecule has 0 fully saturated rings. The number of rotatable bonds is 3. The second-order valence-corrected chi connectivity index (χ2v) is 3.77. The van der Waals surface area contributed by atoms with E-state index < -0.39 is 24.2 Å². The van der Waals surface area contributed by atoms with Crippen LogP contribution in [0.3, 0.4) is 0 Å². The van der Waals surface area contributed by atoms with E-state index in [9.17, 15) is 22.8 Å². The summed E-state index contributed by atoms with van der Waals surface area (Å²) in [5.41, 5.74) is 0.739. The lowest BCUT2D eigenvalue weighted by atomic mass is 10.1. The Bertz CT molecular complexity index is 613. The molecule has 18 heavy (non-hydrogen) atoms. The van der Waals surface area contributed by atoms with Crippen molar-refractivity contribution in [3.05, 3.63) is 36.0 Å². The number of nitrogens with one attached hydrogen (secondary N) is 1. The molecule has 94 valence electrons. The zero-order valence-electron chi connectivity index (χ0n) is 9.04. The number of benzene rings is 1. The van der Waals surface area contributed by atoms with Gasteiger partial charge in [0.2, 0.25) is 5.78 Å². The summed E-state index contributed by atoms with van der Waals surface area (Å²) in [6.07, 6.45) is -4.82. The minimum atomic E-state index is -4.97. The van der Waals surface area contributed by atoms with E-state index in [0.717, 1.165) is 0 Å². The number of hydrogen-bond donors (Lipinski definition) is 1. The molecule has 1 heterocycles. The first-order valence-electron chi connectivity index (χ1n) is 5.09. The van der Waals surface area contributed by atoms with Crippen molar-refractivity contribution in [2.45, 2.75) is 12.6 Å². The molecule has 3 nitrogen and oxygen atoms in total. The minimum absolute atomic E-state index is 0.100. The molecule has 0 aliphatic carbocycles. The van der Waals surface area contributed by atoms with Crippen molar-refractivity contribution >= 4 is 22.5 Å². The van der Waals surface area contributed by atoms with E-state index in [1.54, 1.807) is 24.3 Å². The Labute approximate surface area is 99.6 Å². The normalized spacial score (nSPS) is 11.7. The van der Waals surface area contributed by atoms with Gasteiger partial charge < -0.3 is 4.98 Å². The van der Waals surface area contributed by atoms with Crippen LogP contribution in [0.15, 0.2) is 30.5 Å². The van der Waals surface area contributed by atoms with Gasteiger partial charge in [-0.15, -0.1) is 0 Å². The summed E-state index contributed by atoms with van der Waals surface area (Å²) in [6.45, 7) is 0. The van der Waals surface area contributed by atoms with Gasteiger partial charge in [-0.1, -0.05) is 18.2 Å². The van der Waals surface area contributed by atoms with Gasteiger partial charge in [-0.2, -0.15) is 13.2 Å². The molecule has 1 N–H and O–H groups in total. The highest BCUT2D eigenvalue weighted by molar-refractivity contribution is 6.15. The van der Waals surface area contributed by atoms with Crippen LogP contribution in [0.5, 0.6) is 0 Å². The summed E-state index contributed by atoms with van der Waals surface area (Å²) in [5.74, 6) is -2.87. The summed E-state index contributed by atoms with van der Waals surface area (Å²) in [7, 11) is 0. The zero-order chi connectivity index (χ0) is 13.3. The second kappa shape index (κ2) is 4.29. The molecule has 0 saturated heterocycles. The van der Waals surface area contributed by atoms with Crippen LogP contribution in [0.4, 0.5) is 13.2 Å². The third-order valence-corrected chi connectivity index (χ3v) is 2.53. The fourth-order valence-corrected chi connectivity index (χ4v) is 1.64. The first-order chi connectivity index (χ1) is 8.39. The highest BCUT2D eigenvalue weighted by atomic mass is 19.4. The number of fused-ring (bicyclic) bond motifs is 1.